The van der Waals surface area contributed by atoms with Crippen LogP contribution in [0.1, 0.15) is 5.56 Å². The molecule has 5 nitrogen and oxygen atoms in total. The minimum Gasteiger partial charge on any atom is -0.550 e. The fourth-order valence-corrected chi connectivity index (χ4v) is 3.02. The van der Waals surface area contributed by atoms with E-state index in [1.807, 2.05) is 6.92 Å². The van der Waals surface area contributed by atoms with Crippen LogP contribution < -0.4 is 10.4 Å². The Bertz CT molecular complexity index is 643. The van der Waals surface area contributed by atoms with Crippen molar-refractivity contribution in [2.45, 2.75) is 19.1 Å². The lowest BCUT2D eigenvalue weighted by molar-refractivity contribution is -0.313. The number of benzene rings is 1. The molecule has 3 rings (SSSR count). The van der Waals surface area contributed by atoms with Crippen LogP contribution in [0.3, 0.4) is 0 Å². The fourth-order valence-electron chi connectivity index (χ4n) is 2.85. The number of nitrogens with one attached hydrogen (secondary N) is 1. The summed E-state index contributed by atoms with van der Waals surface area (Å²) in [5.74, 6) is -3.41. The Hall–Kier alpha value is -1.85. The highest BCUT2D eigenvalue weighted by molar-refractivity contribution is 6.31. The number of halogens is 1. The van der Waals surface area contributed by atoms with Gasteiger partial charge >= 0.3 is 0 Å². The molecule has 110 valence electrons. The van der Waals surface area contributed by atoms with Gasteiger partial charge in [-0.05, 0) is 24.6 Å². The summed E-state index contributed by atoms with van der Waals surface area (Å²) >= 11 is 5.91. The quantitative estimate of drug-likeness (QED) is 0.842. The molecule has 0 unspecified atom stereocenters. The number of rotatable bonds is 3. The Morgan fingerprint density at radius 2 is 1.90 bits per heavy atom. The van der Waals surface area contributed by atoms with Gasteiger partial charge in [-0.15, -0.1) is 0 Å². The molecule has 2 bridgehead atoms. The lowest BCUT2D eigenvalue weighted by Gasteiger charge is -2.25. The van der Waals surface area contributed by atoms with Gasteiger partial charge in [-0.3, -0.25) is 4.79 Å². The lowest BCUT2D eigenvalue weighted by atomic mass is 9.82. The van der Waals surface area contributed by atoms with Gasteiger partial charge in [0.25, 0.3) is 0 Å². The molecule has 1 amide bonds. The van der Waals surface area contributed by atoms with E-state index in [9.17, 15) is 14.7 Å². The summed E-state index contributed by atoms with van der Waals surface area (Å²) in [6, 6.07) is 5.14. The highest BCUT2D eigenvalue weighted by atomic mass is 35.5. The molecular formula is C15H13ClNO4-. The van der Waals surface area contributed by atoms with Crippen molar-refractivity contribution in [3.8, 4) is 0 Å². The van der Waals surface area contributed by atoms with Gasteiger partial charge < -0.3 is 20.0 Å². The molecular weight excluding hydrogens is 294 g/mol. The summed E-state index contributed by atoms with van der Waals surface area (Å²) in [5.41, 5.74) is 1.41. The average molecular weight is 307 g/mol. The van der Waals surface area contributed by atoms with Crippen molar-refractivity contribution in [2.75, 3.05) is 5.32 Å². The molecule has 21 heavy (non-hydrogen) atoms. The number of hydrogen-bond acceptors (Lipinski definition) is 4. The number of fused-ring (bicyclic) bond motifs is 2. The second-order valence-corrected chi connectivity index (χ2v) is 5.71. The van der Waals surface area contributed by atoms with Crippen LogP contribution in [0, 0.1) is 18.8 Å². The Kier molecular flexibility index (Phi) is 3.47. The summed E-state index contributed by atoms with van der Waals surface area (Å²) in [5, 5.41) is 14.5. The van der Waals surface area contributed by atoms with Gasteiger partial charge in [-0.2, -0.15) is 0 Å². The van der Waals surface area contributed by atoms with Gasteiger partial charge in [-0.1, -0.05) is 29.8 Å². The summed E-state index contributed by atoms with van der Waals surface area (Å²) < 4.78 is 5.45. The number of hydrogen-bond donors (Lipinski definition) is 1. The largest absolute Gasteiger partial charge is 0.550 e. The van der Waals surface area contributed by atoms with E-state index in [0.717, 1.165) is 5.56 Å². The predicted molar refractivity (Wildman–Crippen MR) is 74.6 cm³/mol. The van der Waals surface area contributed by atoms with Gasteiger partial charge in [0, 0.05) is 22.6 Å². The first-order valence-corrected chi connectivity index (χ1v) is 6.97. The van der Waals surface area contributed by atoms with Gasteiger partial charge in [0.2, 0.25) is 5.91 Å². The summed E-state index contributed by atoms with van der Waals surface area (Å²) in [7, 11) is 0. The molecule has 0 aromatic heterocycles. The molecule has 1 aromatic carbocycles. The predicted octanol–water partition coefficient (Wildman–Crippen LogP) is 0.906. The van der Waals surface area contributed by atoms with Crippen molar-refractivity contribution in [3.63, 3.8) is 0 Å². The average Bonchev–Trinajstić information content (AvgIpc) is 3.03. The second-order valence-electron chi connectivity index (χ2n) is 5.27. The molecule has 1 N–H and O–H groups in total. The van der Waals surface area contributed by atoms with Crippen LogP contribution >= 0.6 is 11.6 Å². The number of aryl methyl sites for hydroxylation is 1. The minimum absolute atomic E-state index is 0.397. The van der Waals surface area contributed by atoms with Gasteiger partial charge in [0.05, 0.1) is 18.1 Å². The molecule has 1 aromatic rings. The van der Waals surface area contributed by atoms with Crippen molar-refractivity contribution in [1.29, 1.82) is 0 Å². The van der Waals surface area contributed by atoms with E-state index in [1.165, 1.54) is 0 Å². The summed E-state index contributed by atoms with van der Waals surface area (Å²) in [4.78, 5) is 23.7. The first-order valence-electron chi connectivity index (χ1n) is 6.59. The van der Waals surface area contributed by atoms with Crippen molar-refractivity contribution in [2.24, 2.45) is 11.8 Å². The molecule has 2 aliphatic rings. The van der Waals surface area contributed by atoms with Crippen LogP contribution in [0.5, 0.6) is 0 Å². The molecule has 4 atom stereocenters. The standard InChI is InChI=1S/C15H14ClNO4/c1-7-2-3-8(16)6-9(7)17-14(18)12-10-4-5-11(21-10)13(12)15(19)20/h2-6,10-13H,1H3,(H,17,18)(H,19,20)/p-1/t10-,11+,12+,13+/m1/s1. The molecule has 1 fully saturated rings. The fraction of sp³-hybridized carbons (Fsp3) is 0.333. The maximum Gasteiger partial charge on any atom is 0.231 e. The van der Waals surface area contributed by atoms with Crippen LogP contribution in [0.4, 0.5) is 5.69 Å². The highest BCUT2D eigenvalue weighted by Crippen LogP contribution is 2.39. The van der Waals surface area contributed by atoms with E-state index < -0.39 is 35.9 Å². The van der Waals surface area contributed by atoms with E-state index in [4.69, 9.17) is 16.3 Å². The Morgan fingerprint density at radius 1 is 1.24 bits per heavy atom. The van der Waals surface area contributed by atoms with Crippen LogP contribution in [0.25, 0.3) is 0 Å². The third-order valence-electron chi connectivity index (χ3n) is 3.93. The van der Waals surface area contributed by atoms with E-state index in [2.05, 4.69) is 5.32 Å². The number of anilines is 1. The molecule has 2 aliphatic heterocycles. The lowest BCUT2D eigenvalue weighted by Crippen LogP contribution is -2.45. The normalized spacial score (nSPS) is 29.6. The maximum absolute atomic E-state index is 12.4. The number of aliphatic carboxylic acids is 1. The zero-order valence-electron chi connectivity index (χ0n) is 11.2. The molecule has 0 saturated carbocycles. The molecule has 0 spiro atoms. The SMILES string of the molecule is Cc1ccc(Cl)cc1NC(=O)[C@@H]1[C@@H](C(=O)[O-])[C@@H]2C=C[C@H]1O2. The van der Waals surface area contributed by atoms with Crippen LogP contribution in [0.2, 0.25) is 5.02 Å². The van der Waals surface area contributed by atoms with Crippen molar-refractivity contribution >= 4 is 29.2 Å². The van der Waals surface area contributed by atoms with Gasteiger partial charge in [-0.25, -0.2) is 0 Å². The number of ether oxygens (including phenoxy) is 1. The summed E-state index contributed by atoms with van der Waals surface area (Å²) in [6.45, 7) is 1.83. The third-order valence-corrected chi connectivity index (χ3v) is 4.17. The Balaban J connectivity index is 1.83. The molecule has 1 saturated heterocycles. The van der Waals surface area contributed by atoms with E-state index in [0.29, 0.717) is 10.7 Å². The zero-order valence-corrected chi connectivity index (χ0v) is 12.0. The number of carboxylic acids is 1. The number of carboxylic acid groups (broad SMARTS) is 1. The number of carbonyl (C=O) groups excluding carboxylic acids is 2. The van der Waals surface area contributed by atoms with Crippen molar-refractivity contribution < 1.29 is 19.4 Å². The first kappa shape index (κ1) is 14.1. The van der Waals surface area contributed by atoms with Gasteiger partial charge in [0.1, 0.15) is 0 Å². The molecule has 6 heteroatoms. The summed E-state index contributed by atoms with van der Waals surface area (Å²) in [6.07, 6.45) is 2.28. The third kappa shape index (κ3) is 2.43. The maximum atomic E-state index is 12.4. The second kappa shape index (κ2) is 5.16. The number of carbonyl (C=O) groups is 2. The zero-order chi connectivity index (χ0) is 15.1. The first-order chi connectivity index (χ1) is 9.97. The Morgan fingerprint density at radius 3 is 2.57 bits per heavy atom. The monoisotopic (exact) mass is 306 g/mol. The van der Waals surface area contributed by atoms with Crippen molar-refractivity contribution in [1.82, 2.24) is 0 Å². The molecule has 0 aliphatic carbocycles. The number of amides is 1. The van der Waals surface area contributed by atoms with E-state index in [-0.39, 0.29) is 0 Å². The minimum atomic E-state index is -1.27. The van der Waals surface area contributed by atoms with E-state index in [1.54, 1.807) is 30.4 Å². The van der Waals surface area contributed by atoms with Crippen LogP contribution in [-0.4, -0.2) is 24.1 Å². The van der Waals surface area contributed by atoms with Crippen LogP contribution in [-0.2, 0) is 14.3 Å². The molecule has 0 radical (unpaired) electrons. The smallest absolute Gasteiger partial charge is 0.231 e. The Labute approximate surface area is 126 Å². The van der Waals surface area contributed by atoms with Gasteiger partial charge in [0.15, 0.2) is 0 Å². The van der Waals surface area contributed by atoms with Crippen LogP contribution in [0.15, 0.2) is 30.4 Å². The van der Waals surface area contributed by atoms with E-state index >= 15 is 0 Å². The topological polar surface area (TPSA) is 78.5 Å². The molecule has 2 heterocycles. The highest BCUT2D eigenvalue weighted by Gasteiger charge is 2.50. The van der Waals surface area contributed by atoms with Crippen molar-refractivity contribution in [3.05, 3.63) is 40.9 Å².